The van der Waals surface area contributed by atoms with Gasteiger partial charge in [-0.25, -0.2) is 4.98 Å². The molecule has 7 nitrogen and oxygen atoms in total. The molecule has 0 aliphatic carbocycles. The highest BCUT2D eigenvalue weighted by molar-refractivity contribution is 5.53. The number of pyridine rings is 2. The predicted molar refractivity (Wildman–Crippen MR) is 118 cm³/mol. The van der Waals surface area contributed by atoms with Gasteiger partial charge < -0.3 is 14.5 Å². The number of anilines is 1. The van der Waals surface area contributed by atoms with Gasteiger partial charge in [0, 0.05) is 45.0 Å². The summed E-state index contributed by atoms with van der Waals surface area (Å²) in [5.41, 5.74) is 3.10. The van der Waals surface area contributed by atoms with E-state index in [0.717, 1.165) is 55.4 Å². The Morgan fingerprint density at radius 3 is 2.90 bits per heavy atom. The molecule has 0 radical (unpaired) electrons. The summed E-state index contributed by atoms with van der Waals surface area (Å²) < 4.78 is 8.02. The Balaban J connectivity index is 1.38. The quantitative estimate of drug-likeness (QED) is 0.649. The molecule has 0 aromatic carbocycles. The molecule has 0 bridgehead atoms. The molecule has 3 aromatic heterocycles. The first kappa shape index (κ1) is 19.3. The normalized spacial score (nSPS) is 21.7. The molecule has 158 valence electrons. The Hall–Kier alpha value is -2.64. The molecule has 0 amide bonds. The molecular weight excluding hydrogens is 376 g/mol. The summed E-state index contributed by atoms with van der Waals surface area (Å²) in [6.07, 6.45) is 6.18. The molecule has 5 rings (SSSR count). The number of hydrogen-bond donors (Lipinski definition) is 0. The molecule has 3 aromatic rings. The van der Waals surface area contributed by atoms with E-state index in [1.165, 1.54) is 12.2 Å². The second-order valence-electron chi connectivity index (χ2n) is 8.61. The average molecular weight is 407 g/mol. The number of hydrogen-bond acceptors (Lipinski definition) is 6. The van der Waals surface area contributed by atoms with E-state index in [9.17, 15) is 0 Å². The van der Waals surface area contributed by atoms with E-state index in [1.807, 2.05) is 18.3 Å². The SMILES string of the molecule is CN1CCC(N(C)c2cccc3nc(CN(C)C4CCOc5cccnc54)cn23)C1. The first-order valence-electron chi connectivity index (χ1n) is 10.8. The fourth-order valence-corrected chi connectivity index (χ4v) is 4.81. The highest BCUT2D eigenvalue weighted by Crippen LogP contribution is 2.34. The van der Waals surface area contributed by atoms with E-state index in [1.54, 1.807) is 0 Å². The van der Waals surface area contributed by atoms with Crippen LogP contribution in [0.1, 0.15) is 30.3 Å². The summed E-state index contributed by atoms with van der Waals surface area (Å²) in [7, 11) is 6.55. The van der Waals surface area contributed by atoms with Crippen LogP contribution in [0.5, 0.6) is 5.75 Å². The average Bonchev–Trinajstić information content (AvgIpc) is 3.38. The molecule has 0 saturated carbocycles. The van der Waals surface area contributed by atoms with E-state index in [-0.39, 0.29) is 6.04 Å². The van der Waals surface area contributed by atoms with Gasteiger partial charge in [0.15, 0.2) is 0 Å². The van der Waals surface area contributed by atoms with E-state index in [0.29, 0.717) is 6.04 Å². The summed E-state index contributed by atoms with van der Waals surface area (Å²) >= 11 is 0. The second kappa shape index (κ2) is 7.89. The summed E-state index contributed by atoms with van der Waals surface area (Å²) in [5.74, 6) is 2.10. The van der Waals surface area contributed by atoms with Crippen LogP contribution in [0.4, 0.5) is 5.82 Å². The number of likely N-dealkylation sites (tertiary alicyclic amines) is 1. The minimum atomic E-state index is 0.246. The van der Waals surface area contributed by atoms with Gasteiger partial charge in [0.05, 0.1) is 24.0 Å². The Bertz CT molecular complexity index is 1030. The van der Waals surface area contributed by atoms with Crippen molar-refractivity contribution >= 4 is 11.5 Å². The van der Waals surface area contributed by atoms with Crippen molar-refractivity contribution in [3.63, 3.8) is 0 Å². The number of fused-ring (bicyclic) bond motifs is 2. The molecule has 5 heterocycles. The molecular formula is C23H30N6O. The monoisotopic (exact) mass is 406 g/mol. The first-order valence-corrected chi connectivity index (χ1v) is 10.8. The number of nitrogens with zero attached hydrogens (tertiary/aromatic N) is 6. The fourth-order valence-electron chi connectivity index (χ4n) is 4.81. The highest BCUT2D eigenvalue weighted by atomic mass is 16.5. The van der Waals surface area contributed by atoms with Crippen molar-refractivity contribution < 1.29 is 4.74 Å². The van der Waals surface area contributed by atoms with Crippen LogP contribution >= 0.6 is 0 Å². The lowest BCUT2D eigenvalue weighted by Crippen LogP contribution is -2.34. The lowest BCUT2D eigenvalue weighted by Gasteiger charge is -2.31. The van der Waals surface area contributed by atoms with Gasteiger partial charge in [0.1, 0.15) is 17.2 Å². The zero-order valence-corrected chi connectivity index (χ0v) is 18.0. The van der Waals surface area contributed by atoms with Gasteiger partial charge in [-0.15, -0.1) is 0 Å². The van der Waals surface area contributed by atoms with Crippen molar-refractivity contribution in [1.82, 2.24) is 24.2 Å². The van der Waals surface area contributed by atoms with E-state index < -0.39 is 0 Å². The maximum absolute atomic E-state index is 5.78. The van der Waals surface area contributed by atoms with E-state index >= 15 is 0 Å². The molecule has 0 N–H and O–H groups in total. The molecule has 1 fully saturated rings. The lowest BCUT2D eigenvalue weighted by atomic mass is 10.1. The van der Waals surface area contributed by atoms with Gasteiger partial charge in [0.25, 0.3) is 0 Å². The molecule has 2 aliphatic rings. The zero-order chi connectivity index (χ0) is 20.7. The number of aromatic nitrogens is 3. The van der Waals surface area contributed by atoms with Gasteiger partial charge in [-0.1, -0.05) is 6.07 Å². The van der Waals surface area contributed by atoms with Crippen LogP contribution in [0.3, 0.4) is 0 Å². The predicted octanol–water partition coefficient (Wildman–Crippen LogP) is 2.83. The third-order valence-corrected chi connectivity index (χ3v) is 6.50. The Morgan fingerprint density at radius 1 is 1.17 bits per heavy atom. The van der Waals surface area contributed by atoms with Gasteiger partial charge in [0.2, 0.25) is 0 Å². The van der Waals surface area contributed by atoms with Crippen LogP contribution in [0.15, 0.2) is 42.7 Å². The van der Waals surface area contributed by atoms with Gasteiger partial charge in [-0.3, -0.25) is 14.3 Å². The van der Waals surface area contributed by atoms with Crippen LogP contribution in [0.2, 0.25) is 0 Å². The third-order valence-electron chi connectivity index (χ3n) is 6.50. The van der Waals surface area contributed by atoms with Crippen molar-refractivity contribution in [3.05, 3.63) is 54.1 Å². The van der Waals surface area contributed by atoms with Gasteiger partial charge in [-0.2, -0.15) is 0 Å². The Labute approximate surface area is 177 Å². The van der Waals surface area contributed by atoms with Crippen LogP contribution in [0.25, 0.3) is 5.65 Å². The van der Waals surface area contributed by atoms with Gasteiger partial charge in [-0.05, 0) is 51.3 Å². The zero-order valence-electron chi connectivity index (χ0n) is 18.0. The third kappa shape index (κ3) is 3.52. The topological polar surface area (TPSA) is 49.1 Å². The number of likely N-dealkylation sites (N-methyl/N-ethyl adjacent to an activating group) is 2. The molecule has 2 unspecified atom stereocenters. The Kier molecular flexibility index (Phi) is 5.08. The Morgan fingerprint density at radius 2 is 2.07 bits per heavy atom. The van der Waals surface area contributed by atoms with E-state index in [2.05, 4.69) is 69.6 Å². The minimum Gasteiger partial charge on any atom is -0.492 e. The molecule has 1 saturated heterocycles. The fraction of sp³-hybridized carbons (Fsp3) is 0.478. The summed E-state index contributed by atoms with van der Waals surface area (Å²) in [6.45, 7) is 3.76. The first-order chi connectivity index (χ1) is 14.6. The van der Waals surface area contributed by atoms with Crippen molar-refractivity contribution in [1.29, 1.82) is 0 Å². The van der Waals surface area contributed by atoms with Crippen LogP contribution < -0.4 is 9.64 Å². The van der Waals surface area contributed by atoms with E-state index in [4.69, 9.17) is 9.72 Å². The summed E-state index contributed by atoms with van der Waals surface area (Å²) in [5, 5.41) is 0. The van der Waals surface area contributed by atoms with Crippen molar-refractivity contribution in [2.75, 3.05) is 45.7 Å². The molecule has 2 aliphatic heterocycles. The minimum absolute atomic E-state index is 0.246. The maximum Gasteiger partial charge on any atom is 0.142 e. The second-order valence-corrected chi connectivity index (χ2v) is 8.61. The smallest absolute Gasteiger partial charge is 0.142 e. The standard InChI is InChI=1S/C23H30N6O/c1-26-12-9-18(16-26)28(3)22-8-4-7-21-25-17(15-29(21)22)14-27(2)19-10-13-30-20-6-5-11-24-23(19)20/h4-8,11,15,18-19H,9-10,12-14,16H2,1-3H3. The highest BCUT2D eigenvalue weighted by Gasteiger charge is 2.27. The summed E-state index contributed by atoms with van der Waals surface area (Å²) in [6, 6.07) is 11.1. The lowest BCUT2D eigenvalue weighted by molar-refractivity contribution is 0.155. The molecule has 0 spiro atoms. The summed E-state index contributed by atoms with van der Waals surface area (Å²) in [4.78, 5) is 16.7. The molecule has 30 heavy (non-hydrogen) atoms. The van der Waals surface area contributed by atoms with Crippen LogP contribution in [-0.4, -0.2) is 71.0 Å². The van der Waals surface area contributed by atoms with Gasteiger partial charge >= 0.3 is 0 Å². The van der Waals surface area contributed by atoms with Crippen LogP contribution in [0, 0.1) is 0 Å². The molecule has 2 atom stereocenters. The maximum atomic E-state index is 5.78. The van der Waals surface area contributed by atoms with Crippen molar-refractivity contribution in [2.24, 2.45) is 0 Å². The largest absolute Gasteiger partial charge is 0.492 e. The molecule has 7 heteroatoms. The number of imidazole rings is 1. The van der Waals surface area contributed by atoms with Crippen LogP contribution in [-0.2, 0) is 6.54 Å². The number of ether oxygens (including phenoxy) is 1. The van der Waals surface area contributed by atoms with Crippen molar-refractivity contribution in [3.8, 4) is 5.75 Å². The van der Waals surface area contributed by atoms with Crippen molar-refractivity contribution in [2.45, 2.75) is 31.5 Å². The number of rotatable bonds is 5.